The molecular formula is C22H16N2O7S. The van der Waals surface area contributed by atoms with Crippen LogP contribution in [0.1, 0.15) is 21.8 Å². The first kappa shape index (κ1) is 20.1. The second-order valence-electron chi connectivity index (χ2n) is 7.46. The number of imide groups is 1. The van der Waals surface area contributed by atoms with E-state index in [1.807, 2.05) is 0 Å². The SMILES string of the molecule is COc1cccc2c1OC(=O)C1=C(N)S[C@@H]3C(=O)N(c4cccc(C(=O)O)c4)C(=O)[C@H]3[C@H]12. The number of hydrogen-bond acceptors (Lipinski definition) is 8. The van der Waals surface area contributed by atoms with Crippen LogP contribution in [0.15, 0.2) is 53.1 Å². The molecule has 0 aliphatic carbocycles. The summed E-state index contributed by atoms with van der Waals surface area (Å²) in [6.07, 6.45) is 0. The Hall–Kier alpha value is -3.79. The molecule has 0 bridgehead atoms. The van der Waals surface area contributed by atoms with Crippen molar-refractivity contribution in [3.05, 3.63) is 64.2 Å². The van der Waals surface area contributed by atoms with Gasteiger partial charge in [0.25, 0.3) is 0 Å². The minimum Gasteiger partial charge on any atom is -0.493 e. The van der Waals surface area contributed by atoms with Gasteiger partial charge in [0.2, 0.25) is 11.8 Å². The van der Waals surface area contributed by atoms with Crippen molar-refractivity contribution in [2.24, 2.45) is 11.7 Å². The Bertz CT molecular complexity index is 1250. The lowest BCUT2D eigenvalue weighted by molar-refractivity contribution is -0.132. The van der Waals surface area contributed by atoms with Crippen molar-refractivity contribution >= 4 is 41.2 Å². The molecule has 3 N–H and O–H groups in total. The van der Waals surface area contributed by atoms with Gasteiger partial charge in [-0.3, -0.25) is 9.59 Å². The van der Waals surface area contributed by atoms with E-state index in [4.69, 9.17) is 15.2 Å². The smallest absolute Gasteiger partial charge is 0.342 e. The number of hydrogen-bond donors (Lipinski definition) is 2. The van der Waals surface area contributed by atoms with Crippen LogP contribution in [-0.4, -0.2) is 41.2 Å². The van der Waals surface area contributed by atoms with E-state index in [1.54, 1.807) is 18.2 Å². The number of carboxylic acid groups (broad SMARTS) is 1. The van der Waals surface area contributed by atoms with E-state index in [0.717, 1.165) is 16.7 Å². The summed E-state index contributed by atoms with van der Waals surface area (Å²) in [5, 5.41) is 8.54. The molecule has 2 aromatic carbocycles. The lowest BCUT2D eigenvalue weighted by atomic mass is 9.77. The molecule has 2 aromatic rings. The molecule has 32 heavy (non-hydrogen) atoms. The van der Waals surface area contributed by atoms with E-state index in [9.17, 15) is 24.3 Å². The van der Waals surface area contributed by atoms with E-state index in [2.05, 4.69) is 0 Å². The van der Waals surface area contributed by atoms with Crippen LogP contribution in [0.5, 0.6) is 11.5 Å². The zero-order chi connectivity index (χ0) is 22.7. The first-order valence-electron chi connectivity index (χ1n) is 9.60. The third-order valence-corrected chi connectivity index (χ3v) is 7.04. The molecule has 2 amide bonds. The quantitative estimate of drug-likeness (QED) is 0.406. The van der Waals surface area contributed by atoms with E-state index in [1.165, 1.54) is 31.4 Å². The maximum absolute atomic E-state index is 13.6. The Morgan fingerprint density at radius 3 is 2.62 bits per heavy atom. The van der Waals surface area contributed by atoms with Gasteiger partial charge in [0.1, 0.15) is 5.25 Å². The molecule has 3 atom stereocenters. The number of esters is 1. The van der Waals surface area contributed by atoms with Crippen molar-refractivity contribution in [1.29, 1.82) is 0 Å². The van der Waals surface area contributed by atoms with Gasteiger partial charge in [-0.15, -0.1) is 0 Å². The zero-order valence-corrected chi connectivity index (χ0v) is 17.4. The van der Waals surface area contributed by atoms with Crippen LogP contribution in [0.25, 0.3) is 0 Å². The fourth-order valence-corrected chi connectivity index (χ4v) is 5.68. The monoisotopic (exact) mass is 452 g/mol. The van der Waals surface area contributed by atoms with Gasteiger partial charge in [0.05, 0.1) is 34.9 Å². The minimum atomic E-state index is -1.18. The number of para-hydroxylation sites is 1. The van der Waals surface area contributed by atoms with Gasteiger partial charge in [-0.05, 0) is 24.3 Å². The van der Waals surface area contributed by atoms with Crippen LogP contribution in [-0.2, 0) is 14.4 Å². The molecule has 162 valence electrons. The van der Waals surface area contributed by atoms with Gasteiger partial charge in [0.15, 0.2) is 11.5 Å². The molecule has 0 radical (unpaired) electrons. The van der Waals surface area contributed by atoms with Gasteiger partial charge >= 0.3 is 11.9 Å². The molecule has 10 heteroatoms. The van der Waals surface area contributed by atoms with Crippen LogP contribution in [0.4, 0.5) is 5.69 Å². The Morgan fingerprint density at radius 2 is 1.91 bits per heavy atom. The summed E-state index contributed by atoms with van der Waals surface area (Å²) in [6.45, 7) is 0. The Balaban J connectivity index is 1.65. The maximum Gasteiger partial charge on any atom is 0.342 e. The fraction of sp³-hybridized carbons (Fsp3) is 0.182. The molecule has 0 saturated carbocycles. The van der Waals surface area contributed by atoms with Crippen molar-refractivity contribution in [2.75, 3.05) is 12.0 Å². The molecule has 3 aliphatic rings. The van der Waals surface area contributed by atoms with Crippen LogP contribution in [0.3, 0.4) is 0 Å². The zero-order valence-electron chi connectivity index (χ0n) is 16.6. The third kappa shape index (κ3) is 2.72. The van der Waals surface area contributed by atoms with E-state index >= 15 is 0 Å². The molecule has 0 aromatic heterocycles. The van der Waals surface area contributed by atoms with Crippen molar-refractivity contribution in [3.8, 4) is 11.5 Å². The number of thioether (sulfide) groups is 1. The van der Waals surface area contributed by atoms with Gasteiger partial charge in [-0.2, -0.15) is 0 Å². The summed E-state index contributed by atoms with van der Waals surface area (Å²) >= 11 is 0.949. The number of rotatable bonds is 3. The van der Waals surface area contributed by atoms with Crippen LogP contribution in [0, 0.1) is 5.92 Å². The minimum absolute atomic E-state index is 0.0553. The number of aromatic carboxylic acids is 1. The number of amides is 2. The number of carbonyl (C=O) groups excluding carboxylic acids is 3. The van der Waals surface area contributed by atoms with E-state index in [0.29, 0.717) is 11.3 Å². The molecular weight excluding hydrogens is 436 g/mol. The second kappa shape index (κ2) is 7.13. The summed E-state index contributed by atoms with van der Waals surface area (Å²) in [5.41, 5.74) is 6.93. The number of methoxy groups -OCH3 is 1. The predicted molar refractivity (Wildman–Crippen MR) is 113 cm³/mol. The highest BCUT2D eigenvalue weighted by Gasteiger charge is 2.58. The standard InChI is InChI=1S/C22H16N2O7S/c1-30-12-7-3-6-11-13-14-17(32-18(23)15(13)22(29)31-16(11)12)20(26)24(19(14)25)10-5-2-4-9(8-10)21(27)28/h2-8,13-14,17H,23H2,1H3,(H,27,28)/t13-,14+,17+/m1/s1. The topological polar surface area (TPSA) is 136 Å². The number of ether oxygens (including phenoxy) is 2. The normalized spacial score (nSPS) is 24.0. The molecule has 1 saturated heterocycles. The van der Waals surface area contributed by atoms with Crippen LogP contribution >= 0.6 is 11.8 Å². The molecule has 1 fully saturated rings. The highest BCUT2D eigenvalue weighted by atomic mass is 32.2. The Kier molecular flexibility index (Phi) is 4.48. The third-order valence-electron chi connectivity index (χ3n) is 5.82. The highest BCUT2D eigenvalue weighted by Crippen LogP contribution is 2.55. The second-order valence-corrected chi connectivity index (χ2v) is 8.64. The fourth-order valence-electron chi connectivity index (χ4n) is 4.45. The molecule has 5 rings (SSSR count). The first-order chi connectivity index (χ1) is 15.3. The maximum atomic E-state index is 13.6. The number of nitrogens with two attached hydrogens (primary N) is 1. The Morgan fingerprint density at radius 1 is 1.16 bits per heavy atom. The van der Waals surface area contributed by atoms with Crippen molar-refractivity contribution < 1.29 is 33.8 Å². The average Bonchev–Trinajstić information content (AvgIpc) is 3.02. The number of fused-ring (bicyclic) bond motifs is 5. The number of carbonyl (C=O) groups is 4. The van der Waals surface area contributed by atoms with Crippen molar-refractivity contribution in [2.45, 2.75) is 11.2 Å². The lowest BCUT2D eigenvalue weighted by Crippen LogP contribution is -2.39. The van der Waals surface area contributed by atoms with Gasteiger partial charge < -0.3 is 20.3 Å². The van der Waals surface area contributed by atoms with E-state index < -0.39 is 40.8 Å². The summed E-state index contributed by atoms with van der Waals surface area (Å²) in [6, 6.07) is 10.6. The summed E-state index contributed by atoms with van der Waals surface area (Å²) in [5.74, 6) is -4.11. The number of benzene rings is 2. The van der Waals surface area contributed by atoms with Crippen LogP contribution < -0.4 is 20.1 Å². The number of carboxylic acids is 1. The lowest BCUT2D eigenvalue weighted by Gasteiger charge is -2.36. The summed E-state index contributed by atoms with van der Waals surface area (Å²) in [4.78, 5) is 52.0. The predicted octanol–water partition coefficient (Wildman–Crippen LogP) is 1.87. The summed E-state index contributed by atoms with van der Waals surface area (Å²) in [7, 11) is 1.43. The molecule has 0 spiro atoms. The van der Waals surface area contributed by atoms with Gasteiger partial charge in [-0.1, -0.05) is 30.0 Å². The Labute approximate surface area is 185 Å². The first-order valence-corrected chi connectivity index (χ1v) is 10.5. The highest BCUT2D eigenvalue weighted by molar-refractivity contribution is 8.04. The number of anilines is 1. The molecule has 3 heterocycles. The van der Waals surface area contributed by atoms with Gasteiger partial charge in [0, 0.05) is 11.5 Å². The van der Waals surface area contributed by atoms with Crippen molar-refractivity contribution in [1.82, 2.24) is 0 Å². The molecule has 0 unspecified atom stereocenters. The van der Waals surface area contributed by atoms with Crippen LogP contribution in [0.2, 0.25) is 0 Å². The molecule has 3 aliphatic heterocycles. The number of nitrogens with zero attached hydrogens (tertiary/aromatic N) is 1. The van der Waals surface area contributed by atoms with Crippen molar-refractivity contribution in [3.63, 3.8) is 0 Å². The average molecular weight is 452 g/mol. The molecule has 9 nitrogen and oxygen atoms in total. The van der Waals surface area contributed by atoms with Gasteiger partial charge in [-0.25, -0.2) is 14.5 Å². The summed E-state index contributed by atoms with van der Waals surface area (Å²) < 4.78 is 10.8. The largest absolute Gasteiger partial charge is 0.493 e. The van der Waals surface area contributed by atoms with E-state index in [-0.39, 0.29) is 27.6 Å².